The van der Waals surface area contributed by atoms with Crippen molar-refractivity contribution in [1.82, 2.24) is 5.32 Å². The molecule has 0 amide bonds. The molecule has 0 aliphatic heterocycles. The maximum Gasteiger partial charge on any atom is 0.142 e. The number of hydrogen-bond acceptors (Lipinski definition) is 2. The Bertz CT molecular complexity index is 336. The molecule has 0 atom stereocenters. The normalized spacial score (nSPS) is 15.3. The van der Waals surface area contributed by atoms with Gasteiger partial charge in [0.25, 0.3) is 0 Å². The van der Waals surface area contributed by atoms with Crippen molar-refractivity contribution in [1.29, 1.82) is 0 Å². The minimum Gasteiger partial charge on any atom is -0.491 e. The molecule has 2 rings (SSSR count). The lowest BCUT2D eigenvalue weighted by Crippen LogP contribution is -2.09. The smallest absolute Gasteiger partial charge is 0.142 e. The number of hydrogen-bond donors (Lipinski definition) is 1. The van der Waals surface area contributed by atoms with Gasteiger partial charge in [-0.05, 0) is 31.9 Å². The van der Waals surface area contributed by atoms with E-state index in [0.717, 1.165) is 30.4 Å². The average Bonchev–Trinajstić information content (AvgIpc) is 3.01. The lowest BCUT2D eigenvalue weighted by Gasteiger charge is -2.12. The molecule has 0 bridgehead atoms. The van der Waals surface area contributed by atoms with E-state index in [4.69, 9.17) is 16.3 Å². The van der Waals surface area contributed by atoms with E-state index in [-0.39, 0.29) is 0 Å². The molecule has 0 heterocycles. The third-order valence-electron chi connectivity index (χ3n) is 2.58. The van der Waals surface area contributed by atoms with Gasteiger partial charge >= 0.3 is 0 Å². The molecular weight excluding hydrogens is 210 g/mol. The third-order valence-corrected chi connectivity index (χ3v) is 2.87. The fourth-order valence-electron chi connectivity index (χ4n) is 1.53. The fraction of sp³-hybridized carbons (Fsp3) is 0.500. The predicted octanol–water partition coefficient (Wildman–Crippen LogP) is 2.85. The largest absolute Gasteiger partial charge is 0.491 e. The first kappa shape index (κ1) is 10.8. The van der Waals surface area contributed by atoms with Crippen LogP contribution in [0, 0.1) is 5.92 Å². The standard InChI is InChI=1S/C12H16ClNO/c1-14-7-10-3-2-4-11(13)12(10)15-8-9-5-6-9/h2-4,9,14H,5-8H2,1H3. The maximum absolute atomic E-state index is 6.12. The Labute approximate surface area is 95.6 Å². The van der Waals surface area contributed by atoms with Gasteiger partial charge in [-0.2, -0.15) is 0 Å². The van der Waals surface area contributed by atoms with Crippen LogP contribution in [-0.2, 0) is 6.54 Å². The molecule has 0 aromatic heterocycles. The Hall–Kier alpha value is -0.730. The molecule has 1 aromatic carbocycles. The fourth-order valence-corrected chi connectivity index (χ4v) is 1.78. The average molecular weight is 226 g/mol. The van der Waals surface area contributed by atoms with Crippen LogP contribution in [0.2, 0.25) is 5.02 Å². The van der Waals surface area contributed by atoms with Crippen LogP contribution in [0.1, 0.15) is 18.4 Å². The molecule has 0 spiro atoms. The van der Waals surface area contributed by atoms with Crippen molar-refractivity contribution >= 4 is 11.6 Å². The van der Waals surface area contributed by atoms with Crippen LogP contribution in [0.4, 0.5) is 0 Å². The van der Waals surface area contributed by atoms with Crippen LogP contribution >= 0.6 is 11.6 Å². The van der Waals surface area contributed by atoms with E-state index in [1.54, 1.807) is 0 Å². The molecule has 0 radical (unpaired) electrons. The van der Waals surface area contributed by atoms with Gasteiger partial charge in [-0.3, -0.25) is 0 Å². The summed E-state index contributed by atoms with van der Waals surface area (Å²) >= 11 is 6.12. The van der Waals surface area contributed by atoms with Crippen molar-refractivity contribution in [3.63, 3.8) is 0 Å². The molecule has 2 nitrogen and oxygen atoms in total. The summed E-state index contributed by atoms with van der Waals surface area (Å²) < 4.78 is 5.77. The quantitative estimate of drug-likeness (QED) is 0.832. The molecular formula is C12H16ClNO. The van der Waals surface area contributed by atoms with Crippen molar-refractivity contribution in [2.45, 2.75) is 19.4 Å². The highest BCUT2D eigenvalue weighted by Crippen LogP contribution is 2.33. The molecule has 1 aromatic rings. The van der Waals surface area contributed by atoms with Gasteiger partial charge in [0.2, 0.25) is 0 Å². The second-order valence-corrected chi connectivity index (χ2v) is 4.42. The highest BCUT2D eigenvalue weighted by atomic mass is 35.5. The Balaban J connectivity index is 2.09. The Morgan fingerprint density at radius 3 is 2.93 bits per heavy atom. The molecule has 15 heavy (non-hydrogen) atoms. The summed E-state index contributed by atoms with van der Waals surface area (Å²) in [7, 11) is 1.92. The van der Waals surface area contributed by atoms with Crippen molar-refractivity contribution in [2.75, 3.05) is 13.7 Å². The van der Waals surface area contributed by atoms with E-state index in [1.165, 1.54) is 12.8 Å². The van der Waals surface area contributed by atoms with E-state index in [9.17, 15) is 0 Å². The lowest BCUT2D eigenvalue weighted by molar-refractivity contribution is 0.296. The van der Waals surface area contributed by atoms with Crippen LogP contribution in [0.15, 0.2) is 18.2 Å². The Kier molecular flexibility index (Phi) is 3.49. The number of ether oxygens (including phenoxy) is 1. The van der Waals surface area contributed by atoms with Gasteiger partial charge in [-0.1, -0.05) is 23.7 Å². The van der Waals surface area contributed by atoms with Crippen LogP contribution in [0.25, 0.3) is 0 Å². The summed E-state index contributed by atoms with van der Waals surface area (Å²) in [5, 5.41) is 3.83. The maximum atomic E-state index is 6.12. The van der Waals surface area contributed by atoms with Gasteiger partial charge in [0.05, 0.1) is 11.6 Å². The molecule has 1 fully saturated rings. The second-order valence-electron chi connectivity index (χ2n) is 4.01. The van der Waals surface area contributed by atoms with Crippen LogP contribution in [-0.4, -0.2) is 13.7 Å². The molecule has 1 saturated carbocycles. The van der Waals surface area contributed by atoms with Crippen molar-refractivity contribution in [2.24, 2.45) is 5.92 Å². The topological polar surface area (TPSA) is 21.3 Å². The second kappa shape index (κ2) is 4.86. The van der Waals surface area contributed by atoms with Gasteiger partial charge in [0.15, 0.2) is 0 Å². The number of nitrogens with one attached hydrogen (secondary N) is 1. The molecule has 3 heteroatoms. The van der Waals surface area contributed by atoms with E-state index >= 15 is 0 Å². The van der Waals surface area contributed by atoms with Gasteiger partial charge in [0.1, 0.15) is 5.75 Å². The van der Waals surface area contributed by atoms with Crippen molar-refractivity contribution in [3.8, 4) is 5.75 Å². The minimum absolute atomic E-state index is 0.711. The highest BCUT2D eigenvalue weighted by molar-refractivity contribution is 6.32. The van der Waals surface area contributed by atoms with Crippen LogP contribution in [0.5, 0.6) is 5.75 Å². The SMILES string of the molecule is CNCc1cccc(Cl)c1OCC1CC1. The van der Waals surface area contributed by atoms with E-state index in [0.29, 0.717) is 5.02 Å². The van der Waals surface area contributed by atoms with Crippen molar-refractivity contribution < 1.29 is 4.74 Å². The third kappa shape index (κ3) is 2.86. The lowest BCUT2D eigenvalue weighted by atomic mass is 10.2. The molecule has 1 aliphatic rings. The highest BCUT2D eigenvalue weighted by Gasteiger charge is 2.22. The zero-order valence-electron chi connectivity index (χ0n) is 8.92. The first-order valence-corrected chi connectivity index (χ1v) is 5.74. The molecule has 1 aliphatic carbocycles. The molecule has 0 unspecified atom stereocenters. The van der Waals surface area contributed by atoms with Crippen molar-refractivity contribution in [3.05, 3.63) is 28.8 Å². The Morgan fingerprint density at radius 2 is 2.27 bits per heavy atom. The molecule has 1 N–H and O–H groups in total. The summed E-state index contributed by atoms with van der Waals surface area (Å²) in [5.41, 5.74) is 1.13. The first-order valence-electron chi connectivity index (χ1n) is 5.36. The number of halogens is 1. The van der Waals surface area contributed by atoms with Crippen LogP contribution < -0.4 is 10.1 Å². The summed E-state index contributed by atoms with van der Waals surface area (Å²) in [4.78, 5) is 0. The van der Waals surface area contributed by atoms with Gasteiger partial charge in [-0.25, -0.2) is 0 Å². The number of rotatable bonds is 5. The number of para-hydroxylation sites is 1. The minimum atomic E-state index is 0.711. The summed E-state index contributed by atoms with van der Waals surface area (Å²) in [5.74, 6) is 1.60. The van der Waals surface area contributed by atoms with Gasteiger partial charge in [0, 0.05) is 12.1 Å². The van der Waals surface area contributed by atoms with Gasteiger partial charge in [-0.15, -0.1) is 0 Å². The molecule has 82 valence electrons. The van der Waals surface area contributed by atoms with E-state index in [2.05, 4.69) is 5.32 Å². The van der Waals surface area contributed by atoms with E-state index in [1.807, 2.05) is 25.2 Å². The van der Waals surface area contributed by atoms with Gasteiger partial charge < -0.3 is 10.1 Å². The monoisotopic (exact) mass is 225 g/mol. The first-order chi connectivity index (χ1) is 7.31. The predicted molar refractivity (Wildman–Crippen MR) is 62.4 cm³/mol. The summed E-state index contributed by atoms with van der Waals surface area (Å²) in [6.07, 6.45) is 2.59. The zero-order valence-corrected chi connectivity index (χ0v) is 9.68. The molecule has 0 saturated heterocycles. The number of benzene rings is 1. The summed E-state index contributed by atoms with van der Waals surface area (Å²) in [6, 6.07) is 5.88. The summed E-state index contributed by atoms with van der Waals surface area (Å²) in [6.45, 7) is 1.60. The Morgan fingerprint density at radius 1 is 1.47 bits per heavy atom. The zero-order chi connectivity index (χ0) is 10.7. The van der Waals surface area contributed by atoms with Crippen LogP contribution in [0.3, 0.4) is 0 Å². The van der Waals surface area contributed by atoms with E-state index < -0.39 is 0 Å².